The first-order valence-corrected chi connectivity index (χ1v) is 4.03. The molecule has 4 heteroatoms. The van der Waals surface area contributed by atoms with E-state index in [1.165, 1.54) is 0 Å². The minimum Gasteiger partial charge on any atom is -0.480 e. The molecule has 0 aliphatic rings. The van der Waals surface area contributed by atoms with E-state index in [1.807, 2.05) is 19.1 Å². The monoisotopic (exact) mass is 180 g/mol. The third-order valence-electron chi connectivity index (χ3n) is 1.69. The average Bonchev–Trinajstić information content (AvgIpc) is 2.08. The van der Waals surface area contributed by atoms with Crippen LogP contribution in [0.2, 0.25) is 0 Å². The first-order chi connectivity index (χ1) is 6.20. The molecular formula is C9H12N2O2. The van der Waals surface area contributed by atoms with Crippen molar-refractivity contribution in [2.45, 2.75) is 13.5 Å². The Kier molecular flexibility index (Phi) is 3.40. The van der Waals surface area contributed by atoms with Gasteiger partial charge in [-0.3, -0.25) is 9.78 Å². The molecule has 70 valence electrons. The van der Waals surface area contributed by atoms with Gasteiger partial charge in [0.15, 0.2) is 0 Å². The van der Waals surface area contributed by atoms with Crippen molar-refractivity contribution in [1.82, 2.24) is 10.3 Å². The van der Waals surface area contributed by atoms with E-state index >= 15 is 0 Å². The number of hydrogen-bond acceptors (Lipinski definition) is 3. The molecule has 0 amide bonds. The van der Waals surface area contributed by atoms with Gasteiger partial charge in [0.2, 0.25) is 0 Å². The summed E-state index contributed by atoms with van der Waals surface area (Å²) in [5.74, 6) is -0.853. The molecule has 1 aromatic rings. The van der Waals surface area contributed by atoms with Gasteiger partial charge < -0.3 is 10.4 Å². The fraction of sp³-hybridized carbons (Fsp3) is 0.333. The number of nitrogens with zero attached hydrogens (tertiary/aromatic N) is 1. The topological polar surface area (TPSA) is 62.2 Å². The normalized spacial score (nSPS) is 9.92. The summed E-state index contributed by atoms with van der Waals surface area (Å²) in [5.41, 5.74) is 1.96. The summed E-state index contributed by atoms with van der Waals surface area (Å²) in [6.45, 7) is 2.42. The Balaban J connectivity index is 2.45. The summed E-state index contributed by atoms with van der Waals surface area (Å²) >= 11 is 0. The van der Waals surface area contributed by atoms with Crippen LogP contribution in [0.25, 0.3) is 0 Å². The largest absolute Gasteiger partial charge is 0.480 e. The molecule has 0 saturated carbocycles. The first-order valence-electron chi connectivity index (χ1n) is 4.03. The number of carboxylic acids is 1. The van der Waals surface area contributed by atoms with Crippen molar-refractivity contribution in [2.24, 2.45) is 0 Å². The number of hydrogen-bond donors (Lipinski definition) is 2. The van der Waals surface area contributed by atoms with Crippen LogP contribution >= 0.6 is 0 Å². The number of aromatic nitrogens is 1. The van der Waals surface area contributed by atoms with Crippen molar-refractivity contribution < 1.29 is 9.90 Å². The number of carbonyl (C=O) groups is 1. The zero-order valence-electron chi connectivity index (χ0n) is 7.45. The highest BCUT2D eigenvalue weighted by Crippen LogP contribution is 2.01. The lowest BCUT2D eigenvalue weighted by atomic mass is 10.2. The van der Waals surface area contributed by atoms with Crippen LogP contribution in [0.15, 0.2) is 18.3 Å². The molecule has 0 radical (unpaired) electrons. The fourth-order valence-electron chi connectivity index (χ4n) is 0.991. The summed E-state index contributed by atoms with van der Waals surface area (Å²) in [6.07, 6.45) is 1.70. The van der Waals surface area contributed by atoms with E-state index in [9.17, 15) is 4.79 Å². The van der Waals surface area contributed by atoms with Crippen LogP contribution in [0.5, 0.6) is 0 Å². The summed E-state index contributed by atoms with van der Waals surface area (Å²) in [6, 6.07) is 3.81. The summed E-state index contributed by atoms with van der Waals surface area (Å²) in [4.78, 5) is 14.3. The quantitative estimate of drug-likeness (QED) is 0.710. The van der Waals surface area contributed by atoms with Crippen molar-refractivity contribution in [3.63, 3.8) is 0 Å². The van der Waals surface area contributed by atoms with Crippen LogP contribution in [0, 0.1) is 6.92 Å². The van der Waals surface area contributed by atoms with Gasteiger partial charge in [0.05, 0.1) is 12.2 Å². The Morgan fingerprint density at radius 2 is 2.46 bits per heavy atom. The Bertz CT molecular complexity index is 299. The molecule has 2 N–H and O–H groups in total. The number of pyridine rings is 1. The van der Waals surface area contributed by atoms with Gasteiger partial charge >= 0.3 is 5.97 Å². The van der Waals surface area contributed by atoms with Crippen LogP contribution in [0.4, 0.5) is 0 Å². The van der Waals surface area contributed by atoms with Crippen molar-refractivity contribution >= 4 is 5.97 Å². The molecule has 0 saturated heterocycles. The number of aryl methyl sites for hydroxylation is 1. The van der Waals surface area contributed by atoms with Crippen molar-refractivity contribution in [3.8, 4) is 0 Å². The molecule has 4 nitrogen and oxygen atoms in total. The maximum Gasteiger partial charge on any atom is 0.317 e. The van der Waals surface area contributed by atoms with Gasteiger partial charge in [-0.25, -0.2) is 0 Å². The number of rotatable bonds is 4. The average molecular weight is 180 g/mol. The van der Waals surface area contributed by atoms with Crippen LogP contribution in [0.1, 0.15) is 11.3 Å². The SMILES string of the molecule is Cc1cccnc1CNCC(=O)O. The molecule has 1 rings (SSSR count). The second kappa shape index (κ2) is 4.57. The zero-order valence-corrected chi connectivity index (χ0v) is 7.45. The minimum absolute atomic E-state index is 0.0317. The number of carboxylic acid groups (broad SMARTS) is 1. The highest BCUT2D eigenvalue weighted by molar-refractivity contribution is 5.68. The van der Waals surface area contributed by atoms with E-state index in [-0.39, 0.29) is 6.54 Å². The predicted octanol–water partition coefficient (Wildman–Crippen LogP) is 0.564. The first kappa shape index (κ1) is 9.67. The molecule has 0 bridgehead atoms. The predicted molar refractivity (Wildman–Crippen MR) is 48.3 cm³/mol. The molecule has 0 aromatic carbocycles. The second-order valence-electron chi connectivity index (χ2n) is 2.76. The molecule has 0 unspecified atom stereocenters. The van der Waals surface area contributed by atoms with Crippen LogP contribution < -0.4 is 5.32 Å². The van der Waals surface area contributed by atoms with Gasteiger partial charge in [-0.05, 0) is 18.6 Å². The highest BCUT2D eigenvalue weighted by Gasteiger charge is 1.99. The van der Waals surface area contributed by atoms with Crippen LogP contribution in [-0.2, 0) is 11.3 Å². The third-order valence-corrected chi connectivity index (χ3v) is 1.69. The molecule has 0 spiro atoms. The number of nitrogens with one attached hydrogen (secondary N) is 1. The molecule has 13 heavy (non-hydrogen) atoms. The summed E-state index contributed by atoms with van der Waals surface area (Å²) in [7, 11) is 0. The van der Waals surface area contributed by atoms with Gasteiger partial charge in [-0.1, -0.05) is 6.07 Å². The van der Waals surface area contributed by atoms with E-state index in [4.69, 9.17) is 5.11 Å². The van der Waals surface area contributed by atoms with Crippen molar-refractivity contribution in [2.75, 3.05) is 6.54 Å². The molecular weight excluding hydrogens is 168 g/mol. The standard InChI is InChI=1S/C9H12N2O2/c1-7-3-2-4-11-8(7)5-10-6-9(12)13/h2-4,10H,5-6H2,1H3,(H,12,13). The van der Waals surface area contributed by atoms with Crippen molar-refractivity contribution in [3.05, 3.63) is 29.6 Å². The van der Waals surface area contributed by atoms with Gasteiger partial charge in [-0.15, -0.1) is 0 Å². The van der Waals surface area contributed by atoms with E-state index in [1.54, 1.807) is 6.20 Å². The van der Waals surface area contributed by atoms with E-state index in [0.717, 1.165) is 11.3 Å². The van der Waals surface area contributed by atoms with Gasteiger partial charge in [0.25, 0.3) is 0 Å². The van der Waals surface area contributed by atoms with Crippen LogP contribution in [-0.4, -0.2) is 22.6 Å². The molecule has 1 aromatic heterocycles. The maximum atomic E-state index is 10.2. The lowest BCUT2D eigenvalue weighted by Crippen LogP contribution is -2.22. The van der Waals surface area contributed by atoms with E-state index in [0.29, 0.717) is 6.54 Å². The van der Waals surface area contributed by atoms with E-state index < -0.39 is 5.97 Å². The van der Waals surface area contributed by atoms with Crippen molar-refractivity contribution in [1.29, 1.82) is 0 Å². The molecule has 0 fully saturated rings. The molecule has 0 aliphatic heterocycles. The van der Waals surface area contributed by atoms with E-state index in [2.05, 4.69) is 10.3 Å². The lowest BCUT2D eigenvalue weighted by Gasteiger charge is -2.03. The molecule has 0 atom stereocenters. The summed E-state index contributed by atoms with van der Waals surface area (Å²) < 4.78 is 0. The number of aliphatic carboxylic acids is 1. The fourth-order valence-corrected chi connectivity index (χ4v) is 0.991. The zero-order chi connectivity index (χ0) is 9.68. The highest BCUT2D eigenvalue weighted by atomic mass is 16.4. The molecule has 0 aliphatic carbocycles. The second-order valence-corrected chi connectivity index (χ2v) is 2.76. The maximum absolute atomic E-state index is 10.2. The Morgan fingerprint density at radius 1 is 1.69 bits per heavy atom. The minimum atomic E-state index is -0.853. The van der Waals surface area contributed by atoms with Crippen LogP contribution in [0.3, 0.4) is 0 Å². The Morgan fingerprint density at radius 3 is 3.08 bits per heavy atom. The smallest absolute Gasteiger partial charge is 0.317 e. The Labute approximate surface area is 76.6 Å². The van der Waals surface area contributed by atoms with Gasteiger partial charge in [-0.2, -0.15) is 0 Å². The lowest BCUT2D eigenvalue weighted by molar-refractivity contribution is -0.135. The van der Waals surface area contributed by atoms with Gasteiger partial charge in [0.1, 0.15) is 0 Å². The summed E-state index contributed by atoms with van der Waals surface area (Å²) in [5, 5.41) is 11.2. The van der Waals surface area contributed by atoms with Gasteiger partial charge in [0, 0.05) is 12.7 Å². The molecule has 1 heterocycles. The third kappa shape index (κ3) is 3.21. The Hall–Kier alpha value is -1.42.